The van der Waals surface area contributed by atoms with E-state index in [0.717, 1.165) is 17.4 Å². The van der Waals surface area contributed by atoms with E-state index in [0.29, 0.717) is 18.7 Å². The molecule has 0 spiro atoms. The Morgan fingerprint density at radius 2 is 2.38 bits per heavy atom. The molecule has 3 nitrogen and oxygen atoms in total. The van der Waals surface area contributed by atoms with Crippen LogP contribution < -0.4 is 5.32 Å². The van der Waals surface area contributed by atoms with E-state index in [2.05, 4.69) is 26.3 Å². The lowest BCUT2D eigenvalue weighted by Gasteiger charge is -2.31. The first-order chi connectivity index (χ1) is 7.54. The average molecular weight is 290 g/mol. The van der Waals surface area contributed by atoms with Gasteiger partial charge < -0.3 is 5.32 Å². The van der Waals surface area contributed by atoms with E-state index in [1.54, 1.807) is 10.9 Å². The Kier molecular flexibility index (Phi) is 3.35. The zero-order valence-electron chi connectivity index (χ0n) is 9.63. The number of rotatable bonds is 2. The predicted molar refractivity (Wildman–Crippen MR) is 65.2 cm³/mol. The molecule has 0 amide bonds. The third kappa shape index (κ3) is 2.02. The quantitative estimate of drug-likeness (QED) is 0.907. The maximum absolute atomic E-state index is 14.9. The van der Waals surface area contributed by atoms with Gasteiger partial charge in [0.2, 0.25) is 0 Å². The van der Waals surface area contributed by atoms with E-state index < -0.39 is 5.67 Å². The third-order valence-corrected chi connectivity index (χ3v) is 3.58. The molecule has 1 unspecified atom stereocenters. The van der Waals surface area contributed by atoms with Crippen molar-refractivity contribution >= 4 is 15.9 Å². The van der Waals surface area contributed by atoms with Gasteiger partial charge in [-0.25, -0.2) is 4.39 Å². The lowest BCUT2D eigenvalue weighted by molar-refractivity contribution is 0.107. The monoisotopic (exact) mass is 289 g/mol. The highest BCUT2D eigenvalue weighted by Crippen LogP contribution is 2.38. The van der Waals surface area contributed by atoms with Crippen molar-refractivity contribution in [1.82, 2.24) is 15.1 Å². The van der Waals surface area contributed by atoms with E-state index in [1.165, 1.54) is 0 Å². The Balaban J connectivity index is 2.41. The van der Waals surface area contributed by atoms with Crippen LogP contribution >= 0.6 is 15.9 Å². The maximum atomic E-state index is 14.9. The molecule has 16 heavy (non-hydrogen) atoms. The summed E-state index contributed by atoms with van der Waals surface area (Å²) in [5.41, 5.74) is -0.618. The molecule has 1 atom stereocenters. The van der Waals surface area contributed by atoms with Crippen LogP contribution in [0.15, 0.2) is 10.7 Å². The zero-order valence-corrected chi connectivity index (χ0v) is 11.2. The minimum absolute atomic E-state index is 0.177. The van der Waals surface area contributed by atoms with Gasteiger partial charge in [-0.2, -0.15) is 5.10 Å². The molecule has 1 aromatic rings. The maximum Gasteiger partial charge on any atom is 0.165 e. The summed E-state index contributed by atoms with van der Waals surface area (Å²) in [6.07, 6.45) is 3.12. The molecule has 1 fully saturated rings. The summed E-state index contributed by atoms with van der Waals surface area (Å²) in [6.45, 7) is 5.31. The molecule has 0 aliphatic carbocycles. The van der Waals surface area contributed by atoms with Crippen molar-refractivity contribution in [3.8, 4) is 0 Å². The molecule has 2 rings (SSSR count). The third-order valence-electron chi connectivity index (χ3n) is 3.00. The molecule has 1 aromatic heterocycles. The minimum atomic E-state index is -1.29. The summed E-state index contributed by atoms with van der Waals surface area (Å²) in [7, 11) is 0. The highest BCUT2D eigenvalue weighted by molar-refractivity contribution is 9.10. The number of hydrogen-bond acceptors (Lipinski definition) is 2. The van der Waals surface area contributed by atoms with Crippen molar-refractivity contribution in [3.63, 3.8) is 0 Å². The van der Waals surface area contributed by atoms with Crippen molar-refractivity contribution in [3.05, 3.63) is 16.4 Å². The van der Waals surface area contributed by atoms with Crippen LogP contribution in [0.4, 0.5) is 4.39 Å². The largest absolute Gasteiger partial charge is 0.313 e. The first-order valence-electron chi connectivity index (χ1n) is 5.68. The molecule has 5 heteroatoms. The summed E-state index contributed by atoms with van der Waals surface area (Å²) < 4.78 is 17.4. The summed E-state index contributed by atoms with van der Waals surface area (Å²) in [6, 6.07) is 0.177. The summed E-state index contributed by atoms with van der Waals surface area (Å²) in [5.74, 6) is 0. The number of piperidine rings is 1. The molecule has 1 saturated heterocycles. The van der Waals surface area contributed by atoms with Gasteiger partial charge >= 0.3 is 0 Å². The van der Waals surface area contributed by atoms with Gasteiger partial charge in [0.05, 0.1) is 16.4 Å². The van der Waals surface area contributed by atoms with Crippen LogP contribution in [0.2, 0.25) is 0 Å². The van der Waals surface area contributed by atoms with Gasteiger partial charge in [0.15, 0.2) is 5.67 Å². The van der Waals surface area contributed by atoms with Crippen LogP contribution in [0.3, 0.4) is 0 Å². The highest BCUT2D eigenvalue weighted by atomic mass is 79.9. The Hall–Kier alpha value is -0.420. The number of aromatic nitrogens is 2. The lowest BCUT2D eigenvalue weighted by atomic mass is 9.92. The van der Waals surface area contributed by atoms with E-state index in [9.17, 15) is 4.39 Å². The van der Waals surface area contributed by atoms with Crippen LogP contribution in [0.1, 0.15) is 38.4 Å². The number of hydrogen-bond donors (Lipinski definition) is 1. The predicted octanol–water partition coefficient (Wildman–Crippen LogP) is 2.77. The number of alkyl halides is 1. The molecule has 0 aromatic carbocycles. The fourth-order valence-corrected chi connectivity index (χ4v) is 2.85. The Bertz CT molecular complexity index is 369. The van der Waals surface area contributed by atoms with Crippen molar-refractivity contribution < 1.29 is 4.39 Å². The van der Waals surface area contributed by atoms with Crippen molar-refractivity contribution in [2.45, 2.75) is 38.4 Å². The fraction of sp³-hybridized carbons (Fsp3) is 0.727. The lowest BCUT2D eigenvalue weighted by Crippen LogP contribution is -2.41. The molecular weight excluding hydrogens is 273 g/mol. The molecule has 0 bridgehead atoms. The second-order valence-electron chi connectivity index (χ2n) is 4.63. The van der Waals surface area contributed by atoms with Gasteiger partial charge in [0.1, 0.15) is 0 Å². The van der Waals surface area contributed by atoms with Crippen LogP contribution in [-0.4, -0.2) is 22.9 Å². The molecule has 1 aliphatic rings. The summed E-state index contributed by atoms with van der Waals surface area (Å²) in [4.78, 5) is 0. The SMILES string of the molecule is CC(C)n1ncc(Br)c1C1(F)CCCNC1. The number of nitrogens with one attached hydrogen (secondary N) is 1. The second kappa shape index (κ2) is 4.45. The van der Waals surface area contributed by atoms with E-state index in [-0.39, 0.29) is 6.04 Å². The Morgan fingerprint density at radius 3 is 2.94 bits per heavy atom. The van der Waals surface area contributed by atoms with Crippen molar-refractivity contribution in [1.29, 1.82) is 0 Å². The Labute approximate surface area is 104 Å². The van der Waals surface area contributed by atoms with Gasteiger partial charge in [0.25, 0.3) is 0 Å². The van der Waals surface area contributed by atoms with Gasteiger partial charge in [0, 0.05) is 12.6 Å². The van der Waals surface area contributed by atoms with Gasteiger partial charge in [-0.1, -0.05) is 0 Å². The van der Waals surface area contributed by atoms with Gasteiger partial charge in [-0.05, 0) is 49.2 Å². The first kappa shape index (κ1) is 12.0. The van der Waals surface area contributed by atoms with Crippen LogP contribution in [-0.2, 0) is 5.67 Å². The molecule has 0 saturated carbocycles. The number of halogens is 2. The topological polar surface area (TPSA) is 29.9 Å². The average Bonchev–Trinajstić information content (AvgIpc) is 2.62. The van der Waals surface area contributed by atoms with Crippen molar-refractivity contribution in [2.24, 2.45) is 0 Å². The second-order valence-corrected chi connectivity index (χ2v) is 5.48. The van der Waals surface area contributed by atoms with E-state index in [1.807, 2.05) is 13.8 Å². The van der Waals surface area contributed by atoms with E-state index in [4.69, 9.17) is 0 Å². The van der Waals surface area contributed by atoms with Crippen LogP contribution in [0, 0.1) is 0 Å². The van der Waals surface area contributed by atoms with Crippen LogP contribution in [0.5, 0.6) is 0 Å². The van der Waals surface area contributed by atoms with E-state index >= 15 is 0 Å². The molecule has 0 radical (unpaired) electrons. The normalized spacial score (nSPS) is 26.3. The summed E-state index contributed by atoms with van der Waals surface area (Å²) >= 11 is 3.41. The molecule has 2 heterocycles. The molecule has 90 valence electrons. The van der Waals surface area contributed by atoms with Crippen LogP contribution in [0.25, 0.3) is 0 Å². The van der Waals surface area contributed by atoms with Gasteiger partial charge in [-0.3, -0.25) is 4.68 Å². The Morgan fingerprint density at radius 1 is 1.62 bits per heavy atom. The van der Waals surface area contributed by atoms with Crippen molar-refractivity contribution in [2.75, 3.05) is 13.1 Å². The highest BCUT2D eigenvalue weighted by Gasteiger charge is 2.39. The standard InChI is InChI=1S/C11H17BrFN3/c1-8(2)16-10(9(12)6-15-16)11(13)4-3-5-14-7-11/h6,8,14H,3-5,7H2,1-2H3. The molecular formula is C11H17BrFN3. The minimum Gasteiger partial charge on any atom is -0.313 e. The fourth-order valence-electron chi connectivity index (χ4n) is 2.22. The smallest absolute Gasteiger partial charge is 0.165 e. The molecule has 1 N–H and O–H groups in total. The molecule has 1 aliphatic heterocycles. The van der Waals surface area contributed by atoms with Gasteiger partial charge in [-0.15, -0.1) is 0 Å². The zero-order chi connectivity index (χ0) is 11.8. The number of nitrogens with zero attached hydrogens (tertiary/aromatic N) is 2. The first-order valence-corrected chi connectivity index (χ1v) is 6.47. The summed E-state index contributed by atoms with van der Waals surface area (Å²) in [5, 5.41) is 7.36.